The Morgan fingerprint density at radius 3 is 2.58 bits per heavy atom. The van der Waals surface area contributed by atoms with Gasteiger partial charge in [-0.2, -0.15) is 5.10 Å². The van der Waals surface area contributed by atoms with Crippen molar-refractivity contribution < 1.29 is 14.3 Å². The summed E-state index contributed by atoms with van der Waals surface area (Å²) in [5.74, 6) is 0.496. The third-order valence-corrected chi connectivity index (χ3v) is 8.47. The average molecular weight is 555 g/mol. The molecule has 8 heteroatoms. The number of rotatable bonds is 8. The summed E-state index contributed by atoms with van der Waals surface area (Å²) in [5, 5.41) is 7.92. The molecule has 2 heterocycles. The van der Waals surface area contributed by atoms with Crippen LogP contribution in [0.5, 0.6) is 0 Å². The average Bonchev–Trinajstić information content (AvgIpc) is 3.27. The molecule has 0 saturated heterocycles. The fourth-order valence-electron chi connectivity index (χ4n) is 5.05. The number of carbonyl (C=O) groups is 2. The second kappa shape index (κ2) is 12.1. The zero-order valence-corrected chi connectivity index (χ0v) is 24.1. The predicted molar refractivity (Wildman–Crippen MR) is 161 cm³/mol. The van der Waals surface area contributed by atoms with Gasteiger partial charge in [0.2, 0.25) is 11.8 Å². The number of hydrogen-bond donors (Lipinski definition) is 1. The molecule has 1 N–H and O–H groups in total. The first-order chi connectivity index (χ1) is 19.4. The number of thioether (sulfide) groups is 1. The lowest BCUT2D eigenvalue weighted by Crippen LogP contribution is -2.43. The van der Waals surface area contributed by atoms with E-state index in [1.54, 1.807) is 23.8 Å². The van der Waals surface area contributed by atoms with Crippen LogP contribution in [-0.4, -0.2) is 54.2 Å². The smallest absolute Gasteiger partial charge is 0.240 e. The maximum Gasteiger partial charge on any atom is 0.240 e. The first-order valence-electron chi connectivity index (χ1n) is 13.4. The molecular weight excluding hydrogens is 520 g/mol. The molecule has 7 nitrogen and oxygen atoms in total. The Morgan fingerprint density at radius 1 is 1.05 bits per heavy atom. The Bertz CT molecular complexity index is 1530. The maximum absolute atomic E-state index is 13.8. The van der Waals surface area contributed by atoms with Crippen molar-refractivity contribution in [2.45, 2.75) is 26.0 Å². The fourth-order valence-corrected chi connectivity index (χ4v) is 6.24. The summed E-state index contributed by atoms with van der Waals surface area (Å²) in [6, 6.07) is 24.6. The molecule has 0 radical (unpaired) electrons. The van der Waals surface area contributed by atoms with E-state index in [-0.39, 0.29) is 29.4 Å². The summed E-state index contributed by atoms with van der Waals surface area (Å²) in [6.45, 7) is 6.86. The number of nitrogens with one attached hydrogen (secondary N) is 1. The Balaban J connectivity index is 1.78. The van der Waals surface area contributed by atoms with Crippen LogP contribution in [0.2, 0.25) is 0 Å². The molecule has 0 spiro atoms. The highest BCUT2D eigenvalue weighted by molar-refractivity contribution is 8.00. The zero-order valence-electron chi connectivity index (χ0n) is 23.3. The Morgan fingerprint density at radius 2 is 1.82 bits per heavy atom. The van der Waals surface area contributed by atoms with E-state index >= 15 is 0 Å². The first-order valence-corrected chi connectivity index (χ1v) is 14.4. The van der Waals surface area contributed by atoms with Crippen LogP contribution in [-0.2, 0) is 14.3 Å². The van der Waals surface area contributed by atoms with Gasteiger partial charge in [-0.3, -0.25) is 14.5 Å². The number of benzene rings is 3. The van der Waals surface area contributed by atoms with Crippen LogP contribution in [0.3, 0.4) is 0 Å². The number of hydrogen-bond acceptors (Lipinski definition) is 5. The summed E-state index contributed by atoms with van der Waals surface area (Å²) >= 11 is 1.58. The van der Waals surface area contributed by atoms with Gasteiger partial charge < -0.3 is 10.1 Å². The van der Waals surface area contributed by atoms with Gasteiger partial charge in [-0.05, 0) is 43.5 Å². The molecule has 40 heavy (non-hydrogen) atoms. The third kappa shape index (κ3) is 5.55. The van der Waals surface area contributed by atoms with Crippen molar-refractivity contribution in [2.75, 3.05) is 37.5 Å². The Hall–Kier alpha value is -3.88. The van der Waals surface area contributed by atoms with Gasteiger partial charge in [-0.15, -0.1) is 11.8 Å². The molecular formula is C32H34N4O3S. The van der Waals surface area contributed by atoms with Crippen LogP contribution in [0.4, 0.5) is 5.82 Å². The van der Waals surface area contributed by atoms with E-state index in [9.17, 15) is 9.59 Å². The van der Waals surface area contributed by atoms with Crippen LogP contribution in [0, 0.1) is 20.8 Å². The highest BCUT2D eigenvalue weighted by Gasteiger charge is 2.38. The maximum atomic E-state index is 13.8. The number of anilines is 1. The number of methoxy groups -OCH3 is 1. The summed E-state index contributed by atoms with van der Waals surface area (Å²) in [5.41, 5.74) is 8.00. The van der Waals surface area contributed by atoms with E-state index in [4.69, 9.17) is 9.84 Å². The van der Waals surface area contributed by atoms with E-state index in [0.717, 1.165) is 44.8 Å². The fraction of sp³-hybridized carbons (Fsp3) is 0.281. The van der Waals surface area contributed by atoms with Gasteiger partial charge in [0.15, 0.2) is 0 Å². The lowest BCUT2D eigenvalue weighted by atomic mass is 9.98. The molecule has 0 saturated carbocycles. The molecule has 0 aliphatic carbocycles. The molecule has 206 valence electrons. The first kappa shape index (κ1) is 27.7. The molecule has 3 aromatic carbocycles. The molecule has 0 unspecified atom stereocenters. The van der Waals surface area contributed by atoms with E-state index in [1.807, 2.05) is 47.1 Å². The standard InChI is InChI=1S/C32H34N4O3S/c1-21-10-8-14-25(18-21)31-29-30(24-12-6-5-7-13-24)34-36(26-15-9-11-22(2)23(26)3)32(29)35(28(38)20-40-31)19-27(37)33-16-17-39-4/h5-15,18,31H,16-17,19-20H2,1-4H3,(H,33,37)/t31-/m1/s1. The van der Waals surface area contributed by atoms with E-state index in [1.165, 1.54) is 0 Å². The third-order valence-electron chi connectivity index (χ3n) is 7.22. The van der Waals surface area contributed by atoms with Crippen LogP contribution in [0.15, 0.2) is 72.8 Å². The number of amides is 2. The van der Waals surface area contributed by atoms with Crippen molar-refractivity contribution in [3.8, 4) is 16.9 Å². The Kier molecular flexibility index (Phi) is 8.38. The van der Waals surface area contributed by atoms with Crippen LogP contribution >= 0.6 is 11.8 Å². The van der Waals surface area contributed by atoms with Gasteiger partial charge in [-0.1, -0.05) is 72.3 Å². The molecule has 0 bridgehead atoms. The van der Waals surface area contributed by atoms with E-state index in [2.05, 4.69) is 56.4 Å². The van der Waals surface area contributed by atoms with Crippen LogP contribution in [0.1, 0.15) is 33.1 Å². The summed E-state index contributed by atoms with van der Waals surface area (Å²) in [7, 11) is 1.59. The monoisotopic (exact) mass is 554 g/mol. The van der Waals surface area contributed by atoms with Gasteiger partial charge in [-0.25, -0.2) is 4.68 Å². The highest BCUT2D eigenvalue weighted by atomic mass is 32.2. The molecule has 1 aliphatic rings. The van der Waals surface area contributed by atoms with Crippen molar-refractivity contribution in [3.63, 3.8) is 0 Å². The largest absolute Gasteiger partial charge is 0.383 e. The van der Waals surface area contributed by atoms with Crippen molar-refractivity contribution >= 4 is 29.4 Å². The number of aromatic nitrogens is 2. The zero-order chi connectivity index (χ0) is 28.2. The summed E-state index contributed by atoms with van der Waals surface area (Å²) in [4.78, 5) is 28.5. The van der Waals surface area contributed by atoms with Crippen LogP contribution in [0.25, 0.3) is 16.9 Å². The van der Waals surface area contributed by atoms with Crippen LogP contribution < -0.4 is 10.2 Å². The van der Waals surface area contributed by atoms with Gasteiger partial charge in [0.05, 0.1) is 29.0 Å². The number of carbonyl (C=O) groups excluding carboxylic acids is 2. The summed E-state index contributed by atoms with van der Waals surface area (Å²) in [6.07, 6.45) is 0. The van der Waals surface area contributed by atoms with Crippen molar-refractivity contribution in [1.82, 2.24) is 15.1 Å². The number of nitrogens with zero attached hydrogens (tertiary/aromatic N) is 3. The second-order valence-electron chi connectivity index (χ2n) is 10.0. The molecule has 2 amide bonds. The van der Waals surface area contributed by atoms with E-state index < -0.39 is 0 Å². The minimum absolute atomic E-state index is 0.110. The Labute approximate surface area is 239 Å². The molecule has 1 aliphatic heterocycles. The minimum Gasteiger partial charge on any atom is -0.383 e. The number of aryl methyl sites for hydroxylation is 2. The SMILES string of the molecule is COCCNC(=O)CN1C(=O)CS[C@H](c2cccc(C)c2)c2c(-c3ccccc3)nn(-c3cccc(C)c3C)c21. The lowest BCUT2D eigenvalue weighted by Gasteiger charge is -2.24. The predicted octanol–water partition coefficient (Wildman–Crippen LogP) is 5.40. The second-order valence-corrected chi connectivity index (χ2v) is 11.1. The molecule has 4 aromatic rings. The molecule has 0 fully saturated rings. The number of fused-ring (bicyclic) bond motifs is 1. The van der Waals surface area contributed by atoms with Gasteiger partial charge in [0.1, 0.15) is 12.4 Å². The molecule has 1 atom stereocenters. The van der Waals surface area contributed by atoms with Gasteiger partial charge >= 0.3 is 0 Å². The van der Waals surface area contributed by atoms with Crippen molar-refractivity contribution in [2.24, 2.45) is 0 Å². The minimum atomic E-state index is -0.245. The number of ether oxygens (including phenoxy) is 1. The van der Waals surface area contributed by atoms with Gasteiger partial charge in [0, 0.05) is 24.8 Å². The highest BCUT2D eigenvalue weighted by Crippen LogP contribution is 2.48. The van der Waals surface area contributed by atoms with E-state index in [0.29, 0.717) is 19.0 Å². The van der Waals surface area contributed by atoms with Gasteiger partial charge in [0.25, 0.3) is 0 Å². The normalized spacial score (nSPS) is 15.1. The van der Waals surface area contributed by atoms with Crippen molar-refractivity contribution in [1.29, 1.82) is 0 Å². The quantitative estimate of drug-likeness (QED) is 0.295. The lowest BCUT2D eigenvalue weighted by molar-refractivity contribution is -0.123. The topological polar surface area (TPSA) is 76.5 Å². The van der Waals surface area contributed by atoms with Crippen molar-refractivity contribution in [3.05, 3.63) is 101 Å². The molecule has 1 aromatic heterocycles. The summed E-state index contributed by atoms with van der Waals surface area (Å²) < 4.78 is 6.96. The molecule has 5 rings (SSSR count).